The molecular formula is C15H52BN. The number of hydrogen-bond acceptors (Lipinski definition) is 0. The molecular weight excluding hydrogens is 205 g/mol. The summed E-state index contributed by atoms with van der Waals surface area (Å²) in [5.74, 6) is 0. The maximum Gasteiger partial charge on any atom is 0.175 e. The molecule has 0 fully saturated rings. The fraction of sp³-hybridized carbons (Fsp3) is 1.00. The van der Waals surface area contributed by atoms with Crippen molar-refractivity contribution in [3.8, 4) is 0 Å². The Morgan fingerprint density at radius 3 is 0.647 bits per heavy atom. The van der Waals surface area contributed by atoms with E-state index in [1.807, 2.05) is 0 Å². The highest BCUT2D eigenvalue weighted by atomic mass is 14.3. The van der Waals surface area contributed by atoms with Gasteiger partial charge in [-0.1, -0.05) is 97.9 Å². The van der Waals surface area contributed by atoms with E-state index in [9.17, 15) is 0 Å². The number of unbranched alkanes of at least 4 members (excludes halogenated alkanes) is 2. The van der Waals surface area contributed by atoms with Crippen molar-refractivity contribution in [2.45, 2.75) is 105 Å². The minimum Gasteiger partial charge on any atom is -0.552 e. The van der Waals surface area contributed by atoms with Gasteiger partial charge in [0.05, 0.1) is 0 Å². The highest BCUT2D eigenvalue weighted by Crippen LogP contribution is 1.77. The summed E-state index contributed by atoms with van der Waals surface area (Å²) in [6, 6.07) is 0. The van der Waals surface area contributed by atoms with E-state index in [2.05, 4.69) is 40.2 Å². The van der Waals surface area contributed by atoms with Gasteiger partial charge in [0.1, 0.15) is 0 Å². The molecule has 0 saturated heterocycles. The van der Waals surface area contributed by atoms with Crippen LogP contribution in [0.3, 0.4) is 0 Å². The lowest BCUT2D eigenvalue weighted by atomic mass is 10.0. The largest absolute Gasteiger partial charge is 0.552 e. The lowest BCUT2D eigenvalue weighted by Gasteiger charge is -1.68. The molecule has 0 aliphatic carbocycles. The van der Waals surface area contributed by atoms with E-state index >= 15 is 0 Å². The summed E-state index contributed by atoms with van der Waals surface area (Å²) in [5.41, 5.74) is 3.61. The van der Waals surface area contributed by atoms with Gasteiger partial charge in [-0.2, -0.15) is 0 Å². The van der Waals surface area contributed by atoms with E-state index in [4.69, 9.17) is 0 Å². The normalized spacial score (nSPS) is 4.59. The highest BCUT2D eigenvalue weighted by Gasteiger charge is 1.56. The maximum atomic E-state index is 3.61. The molecule has 0 aliphatic heterocycles. The van der Waals surface area contributed by atoms with Crippen LogP contribution in [-0.4, -0.2) is 7.41 Å². The Morgan fingerprint density at radius 2 is 0.647 bits per heavy atom. The van der Waals surface area contributed by atoms with Crippen LogP contribution in [0.5, 0.6) is 0 Å². The molecule has 0 bridgehead atoms. The van der Waals surface area contributed by atoms with Gasteiger partial charge >= 0.3 is 0 Å². The summed E-state index contributed by atoms with van der Waals surface area (Å²) in [6.07, 6.45) is 5.28. The minimum atomic E-state index is 0. The molecule has 0 heterocycles. The topological polar surface area (TPSA) is 27.6 Å². The Morgan fingerprint density at radius 1 is 0.588 bits per heavy atom. The van der Waals surface area contributed by atoms with Crippen molar-refractivity contribution in [3.63, 3.8) is 0 Å². The van der Waals surface area contributed by atoms with Crippen molar-refractivity contribution in [2.75, 3.05) is 0 Å². The van der Waals surface area contributed by atoms with Crippen molar-refractivity contribution >= 4 is 7.41 Å². The van der Waals surface area contributed by atoms with Gasteiger partial charge < -0.3 is 5.64 Å². The molecule has 0 aromatic rings. The van der Waals surface area contributed by atoms with Gasteiger partial charge in [0, 0.05) is 0 Å². The second-order valence-electron chi connectivity index (χ2n) is 2.71. The Hall–Kier alpha value is 0.0249. The minimum absolute atomic E-state index is 0. The number of quaternary nitrogens is 1. The van der Waals surface area contributed by atoms with Gasteiger partial charge in [0.15, 0.2) is 7.41 Å². The molecule has 120 valence electrons. The van der Waals surface area contributed by atoms with Crippen LogP contribution in [0.4, 0.5) is 0 Å². The van der Waals surface area contributed by atoms with Crippen LogP contribution in [-0.2, 0) is 0 Å². The van der Waals surface area contributed by atoms with E-state index in [0.717, 1.165) is 0 Å². The summed E-state index contributed by atoms with van der Waals surface area (Å²) >= 11 is 0. The van der Waals surface area contributed by atoms with Crippen molar-refractivity contribution in [1.82, 2.24) is 0 Å². The Kier molecular flexibility index (Phi) is 572. The Bertz CT molecular complexity index is 26.1. The molecule has 0 atom stereocenters. The molecule has 0 aromatic heterocycles. The first kappa shape index (κ1) is 67.9. The Balaban J connectivity index is -0.00000000691. The molecule has 0 spiro atoms. The number of rotatable bonds is 2. The van der Waals surface area contributed by atoms with Gasteiger partial charge in [-0.3, -0.25) is 0 Å². The van der Waals surface area contributed by atoms with E-state index in [0.29, 0.717) is 0 Å². The molecule has 0 radical (unpaired) electrons. The van der Waals surface area contributed by atoms with Crippen LogP contribution in [0.25, 0.3) is 0 Å². The second-order valence-corrected chi connectivity index (χ2v) is 2.71. The summed E-state index contributed by atoms with van der Waals surface area (Å²) in [6.45, 7) is 10.9. The SMILES string of the molecule is C.C.C.C.C.C.CCCC.CCCC.C[BH2-][NH3+]. The fourth-order valence-corrected chi connectivity index (χ4v) is 0. The molecule has 1 nitrogen and oxygen atoms in total. The monoisotopic (exact) mass is 257 g/mol. The molecule has 0 amide bonds. The Labute approximate surface area is 118 Å². The van der Waals surface area contributed by atoms with E-state index < -0.39 is 0 Å². The molecule has 0 unspecified atom stereocenters. The molecule has 0 saturated carbocycles. The average molecular weight is 257 g/mol. The van der Waals surface area contributed by atoms with Crippen molar-refractivity contribution < 1.29 is 5.64 Å². The van der Waals surface area contributed by atoms with E-state index in [-0.39, 0.29) is 52.0 Å². The van der Waals surface area contributed by atoms with Crippen LogP contribution in [0.1, 0.15) is 97.9 Å². The van der Waals surface area contributed by atoms with Crippen LogP contribution in [0, 0.1) is 0 Å². The lowest BCUT2D eigenvalue weighted by molar-refractivity contribution is -0.179. The van der Waals surface area contributed by atoms with Crippen molar-refractivity contribution in [2.24, 2.45) is 0 Å². The smallest absolute Gasteiger partial charge is 0.175 e. The first-order chi connectivity index (χ1) is 5.24. The quantitative estimate of drug-likeness (QED) is 0.606. The zero-order chi connectivity index (χ0) is 9.54. The third-order valence-electron chi connectivity index (χ3n) is 1.000. The van der Waals surface area contributed by atoms with E-state index in [1.54, 1.807) is 0 Å². The average Bonchev–Trinajstić information content (AvgIpc) is 2.06. The summed E-state index contributed by atoms with van der Waals surface area (Å²) in [4.78, 5) is 0. The highest BCUT2D eigenvalue weighted by molar-refractivity contribution is 6.20. The van der Waals surface area contributed by atoms with Gasteiger partial charge in [-0.15, -0.1) is 6.82 Å². The van der Waals surface area contributed by atoms with Gasteiger partial charge in [0.2, 0.25) is 0 Å². The van der Waals surface area contributed by atoms with E-state index in [1.165, 1.54) is 25.7 Å². The maximum absolute atomic E-state index is 3.61. The molecule has 0 aliphatic rings. The van der Waals surface area contributed by atoms with Crippen LogP contribution >= 0.6 is 0 Å². The molecule has 3 N–H and O–H groups in total. The molecule has 0 aromatic carbocycles. The van der Waals surface area contributed by atoms with Crippen LogP contribution in [0.15, 0.2) is 0 Å². The molecule has 17 heavy (non-hydrogen) atoms. The van der Waals surface area contributed by atoms with Gasteiger partial charge in [0.25, 0.3) is 0 Å². The first-order valence-corrected chi connectivity index (χ1v) is 5.54. The third-order valence-corrected chi connectivity index (χ3v) is 1.000. The zero-order valence-corrected chi connectivity index (χ0v) is 9.54. The lowest BCUT2D eigenvalue weighted by Crippen LogP contribution is -2.52. The second kappa shape index (κ2) is 143. The van der Waals surface area contributed by atoms with Crippen LogP contribution in [0.2, 0.25) is 6.82 Å². The fourth-order valence-electron chi connectivity index (χ4n) is 0. The summed E-state index contributed by atoms with van der Waals surface area (Å²) in [5, 5.41) is 0. The zero-order valence-electron chi connectivity index (χ0n) is 9.54. The summed E-state index contributed by atoms with van der Waals surface area (Å²) in [7, 11) is 0.250. The predicted molar refractivity (Wildman–Crippen MR) is 98.8 cm³/mol. The van der Waals surface area contributed by atoms with Crippen molar-refractivity contribution in [1.29, 1.82) is 0 Å². The first-order valence-electron chi connectivity index (χ1n) is 5.54. The van der Waals surface area contributed by atoms with Crippen LogP contribution < -0.4 is 5.64 Å². The van der Waals surface area contributed by atoms with Crippen molar-refractivity contribution in [3.05, 3.63) is 0 Å². The molecule has 2 heteroatoms. The molecule has 0 rings (SSSR count). The standard InChI is InChI=1S/2C4H10.CH8BN.6CH4/c2*1-3-4-2;1-2-3;;;;;;/h2*3-4H2,1-2H3;2H2,1,3H3;6*1H4. The predicted octanol–water partition coefficient (Wildman–Crippen LogP) is 5.79. The number of hydrogen-bond donors (Lipinski definition) is 1. The van der Waals surface area contributed by atoms with Gasteiger partial charge in [-0.05, 0) is 0 Å². The van der Waals surface area contributed by atoms with Gasteiger partial charge in [-0.25, -0.2) is 0 Å². The summed E-state index contributed by atoms with van der Waals surface area (Å²) < 4.78 is 0. The third kappa shape index (κ3) is 769.